The molecule has 0 aromatic carbocycles. The predicted molar refractivity (Wildman–Crippen MR) is 137 cm³/mol. The molecule has 0 saturated heterocycles. The van der Waals surface area contributed by atoms with Gasteiger partial charge in [-0.05, 0) is 13.3 Å². The summed E-state index contributed by atoms with van der Waals surface area (Å²) in [6.45, 7) is 5.93. The minimum Gasteiger partial charge on any atom is -0.422 e. The molecule has 1 unspecified atom stereocenters. The predicted octanol–water partition coefficient (Wildman–Crippen LogP) is 6.12. The third-order valence-corrected chi connectivity index (χ3v) is 6.35. The number of ether oxygens (including phenoxy) is 4. The molecule has 0 aromatic rings. The quantitative estimate of drug-likeness (QED) is 0.0906. The maximum absolute atomic E-state index is 11.4. The van der Waals surface area contributed by atoms with Crippen LogP contribution in [0, 0.1) is 12.0 Å². The lowest BCUT2D eigenvalue weighted by Gasteiger charge is -2.12. The Labute approximate surface area is 209 Å². The van der Waals surface area contributed by atoms with Gasteiger partial charge in [-0.1, -0.05) is 96.3 Å². The van der Waals surface area contributed by atoms with Crippen LogP contribution in [0.15, 0.2) is 0 Å². The molecule has 34 heavy (non-hydrogen) atoms. The summed E-state index contributed by atoms with van der Waals surface area (Å²) in [5.41, 5.74) is -1.51. The Bertz CT molecular complexity index is 584. The second kappa shape index (κ2) is 25.2. The fourth-order valence-electron chi connectivity index (χ4n) is 3.41. The van der Waals surface area contributed by atoms with E-state index in [1.807, 2.05) is 6.92 Å². The highest BCUT2D eigenvalue weighted by atomic mass is 32.2. The van der Waals surface area contributed by atoms with Crippen molar-refractivity contribution in [1.82, 2.24) is 0 Å². The van der Waals surface area contributed by atoms with Crippen LogP contribution in [-0.2, 0) is 29.1 Å². The summed E-state index contributed by atoms with van der Waals surface area (Å²) in [6.07, 6.45) is 21.2. The molecular formula is C26H50O7S. The standard InChI is InChI=1S/C26H50O7S/c1-3-5-6-7-8-9-10-11-12-13-14-15-16-17-18-19-20-33-26(34(27,28)29)25-32-24-23-31-22-21-30-4-2/h26H,3-18,21-25H2,1-2H3,(H,27,28,29). The van der Waals surface area contributed by atoms with Gasteiger partial charge in [0.1, 0.15) is 12.7 Å². The zero-order chi connectivity index (χ0) is 25.2. The first-order valence-electron chi connectivity index (χ1n) is 13.3. The summed E-state index contributed by atoms with van der Waals surface area (Å²) in [7, 11) is -4.40. The van der Waals surface area contributed by atoms with Crippen LogP contribution in [0.25, 0.3) is 0 Å². The van der Waals surface area contributed by atoms with E-state index >= 15 is 0 Å². The van der Waals surface area contributed by atoms with Gasteiger partial charge in [-0.3, -0.25) is 4.55 Å². The molecule has 0 spiro atoms. The van der Waals surface area contributed by atoms with Crippen molar-refractivity contribution in [3.05, 3.63) is 0 Å². The molecule has 0 bridgehead atoms. The third kappa shape index (κ3) is 24.3. The second-order valence-corrected chi connectivity index (χ2v) is 10.1. The van der Waals surface area contributed by atoms with Crippen LogP contribution in [0.5, 0.6) is 0 Å². The lowest BCUT2D eigenvalue weighted by Crippen LogP contribution is -2.28. The highest BCUT2D eigenvalue weighted by Crippen LogP contribution is 2.13. The number of hydrogen-bond acceptors (Lipinski definition) is 6. The highest BCUT2D eigenvalue weighted by Gasteiger charge is 2.24. The fourth-order valence-corrected chi connectivity index (χ4v) is 3.85. The molecule has 0 radical (unpaired) electrons. The van der Waals surface area contributed by atoms with Crippen molar-refractivity contribution in [1.29, 1.82) is 0 Å². The molecule has 0 aliphatic carbocycles. The van der Waals surface area contributed by atoms with Gasteiger partial charge in [-0.25, -0.2) is 0 Å². The van der Waals surface area contributed by atoms with Crippen molar-refractivity contribution < 1.29 is 31.9 Å². The second-order valence-electron chi connectivity index (χ2n) is 8.57. The SMILES string of the molecule is CCCCCCCCCCCCCCCCC#COC(COCCOCCOCC)S(=O)(=O)O. The summed E-state index contributed by atoms with van der Waals surface area (Å²) in [6, 6.07) is 0. The van der Waals surface area contributed by atoms with Crippen molar-refractivity contribution in [2.24, 2.45) is 0 Å². The first-order chi connectivity index (χ1) is 16.5. The number of unbranched alkanes of at least 4 members (excludes halogenated alkanes) is 14. The fraction of sp³-hybridized carbons (Fsp3) is 0.923. The Morgan fingerprint density at radius 3 is 1.65 bits per heavy atom. The molecule has 202 valence electrons. The molecule has 0 heterocycles. The van der Waals surface area contributed by atoms with Gasteiger partial charge < -0.3 is 18.9 Å². The van der Waals surface area contributed by atoms with Crippen molar-refractivity contribution in [3.8, 4) is 12.0 Å². The van der Waals surface area contributed by atoms with Crippen molar-refractivity contribution >= 4 is 10.1 Å². The average molecular weight is 507 g/mol. The van der Waals surface area contributed by atoms with Crippen molar-refractivity contribution in [2.45, 2.75) is 116 Å². The number of hydrogen-bond donors (Lipinski definition) is 1. The smallest absolute Gasteiger partial charge is 0.306 e. The Morgan fingerprint density at radius 1 is 0.676 bits per heavy atom. The molecule has 0 fully saturated rings. The van der Waals surface area contributed by atoms with E-state index in [0.717, 1.165) is 12.8 Å². The molecule has 0 aliphatic rings. The van der Waals surface area contributed by atoms with E-state index in [0.29, 0.717) is 32.8 Å². The van der Waals surface area contributed by atoms with E-state index in [-0.39, 0.29) is 13.2 Å². The zero-order valence-corrected chi connectivity index (χ0v) is 22.5. The zero-order valence-electron chi connectivity index (χ0n) is 21.7. The van der Waals surface area contributed by atoms with Gasteiger partial charge in [0.15, 0.2) is 0 Å². The lowest BCUT2D eigenvalue weighted by molar-refractivity contribution is 0.00353. The summed E-state index contributed by atoms with van der Waals surface area (Å²) < 4.78 is 52.7. The van der Waals surface area contributed by atoms with E-state index in [4.69, 9.17) is 18.9 Å². The van der Waals surface area contributed by atoms with E-state index < -0.39 is 15.6 Å². The van der Waals surface area contributed by atoms with Gasteiger partial charge in [0, 0.05) is 13.0 Å². The minimum absolute atomic E-state index is 0.188. The molecule has 7 nitrogen and oxygen atoms in total. The van der Waals surface area contributed by atoms with Crippen LogP contribution in [0.4, 0.5) is 0 Å². The first-order valence-corrected chi connectivity index (χ1v) is 14.9. The van der Waals surface area contributed by atoms with Crippen LogP contribution in [0.1, 0.15) is 110 Å². The van der Waals surface area contributed by atoms with Gasteiger partial charge in [0.25, 0.3) is 5.44 Å². The van der Waals surface area contributed by atoms with Gasteiger partial charge in [-0.15, -0.1) is 0 Å². The molecule has 1 atom stereocenters. The van der Waals surface area contributed by atoms with Gasteiger partial charge >= 0.3 is 10.1 Å². The maximum Gasteiger partial charge on any atom is 0.306 e. The first kappa shape index (κ1) is 33.1. The summed E-state index contributed by atoms with van der Waals surface area (Å²) in [5, 5.41) is 0. The molecule has 0 aromatic heterocycles. The molecule has 0 aliphatic heterocycles. The topological polar surface area (TPSA) is 91.3 Å². The van der Waals surface area contributed by atoms with Crippen molar-refractivity contribution in [2.75, 3.05) is 39.6 Å². The summed E-state index contributed by atoms with van der Waals surface area (Å²) >= 11 is 0. The average Bonchev–Trinajstić information content (AvgIpc) is 2.80. The largest absolute Gasteiger partial charge is 0.422 e. The Kier molecular flexibility index (Phi) is 24.6. The lowest BCUT2D eigenvalue weighted by atomic mass is 10.0. The van der Waals surface area contributed by atoms with Crippen LogP contribution in [-0.4, -0.2) is 58.0 Å². The van der Waals surface area contributed by atoms with Crippen LogP contribution < -0.4 is 0 Å². The van der Waals surface area contributed by atoms with Crippen LogP contribution >= 0.6 is 0 Å². The van der Waals surface area contributed by atoms with Crippen LogP contribution in [0.3, 0.4) is 0 Å². The molecular weight excluding hydrogens is 456 g/mol. The van der Waals surface area contributed by atoms with E-state index in [1.54, 1.807) is 0 Å². The Hall–Kier alpha value is -0.850. The highest BCUT2D eigenvalue weighted by molar-refractivity contribution is 7.86. The minimum atomic E-state index is -4.40. The van der Waals surface area contributed by atoms with E-state index in [1.165, 1.54) is 77.0 Å². The summed E-state index contributed by atoms with van der Waals surface area (Å²) in [5.74, 6) is 2.82. The molecule has 0 saturated carbocycles. The van der Waals surface area contributed by atoms with Gasteiger partial charge in [-0.2, -0.15) is 8.42 Å². The van der Waals surface area contributed by atoms with Crippen molar-refractivity contribution in [3.63, 3.8) is 0 Å². The summed E-state index contributed by atoms with van der Waals surface area (Å²) in [4.78, 5) is 0. The molecule has 1 N–H and O–H groups in total. The van der Waals surface area contributed by atoms with E-state index in [9.17, 15) is 13.0 Å². The Balaban J connectivity index is 3.63. The third-order valence-electron chi connectivity index (χ3n) is 5.45. The normalized spacial score (nSPS) is 12.3. The van der Waals surface area contributed by atoms with Gasteiger partial charge in [0.2, 0.25) is 0 Å². The van der Waals surface area contributed by atoms with Crippen LogP contribution in [0.2, 0.25) is 0 Å². The maximum atomic E-state index is 11.4. The van der Waals surface area contributed by atoms with E-state index in [2.05, 4.69) is 19.0 Å². The molecule has 8 heteroatoms. The number of rotatable bonds is 25. The molecule has 0 rings (SSSR count). The van der Waals surface area contributed by atoms with Gasteiger partial charge in [0.05, 0.1) is 26.4 Å². The molecule has 0 amide bonds. The Morgan fingerprint density at radius 2 is 1.15 bits per heavy atom. The monoisotopic (exact) mass is 506 g/mol.